The molecule has 2 aromatic rings. The molecule has 0 bridgehead atoms. The maximum atomic E-state index is 12.1. The number of hydrogen-bond donors (Lipinski definition) is 0. The molecule has 1 fully saturated rings. The monoisotopic (exact) mass is 327 g/mol. The SMILES string of the molecule is Cc1oc(C2(C)CCCCC2)nc1CC(=O)OCc1ccccc1. The molecule has 0 N–H and O–H groups in total. The van der Waals surface area contributed by atoms with Gasteiger partial charge < -0.3 is 9.15 Å². The summed E-state index contributed by atoms with van der Waals surface area (Å²) in [5.41, 5.74) is 1.70. The van der Waals surface area contributed by atoms with Gasteiger partial charge in [-0.1, -0.05) is 56.5 Å². The van der Waals surface area contributed by atoms with Crippen LogP contribution in [0.25, 0.3) is 0 Å². The minimum Gasteiger partial charge on any atom is -0.461 e. The minimum absolute atomic E-state index is 0.00913. The number of esters is 1. The Labute approximate surface area is 143 Å². The van der Waals surface area contributed by atoms with Crippen LogP contribution < -0.4 is 0 Å². The van der Waals surface area contributed by atoms with Gasteiger partial charge in [0.25, 0.3) is 0 Å². The third kappa shape index (κ3) is 3.86. The molecule has 0 spiro atoms. The highest BCUT2D eigenvalue weighted by Crippen LogP contribution is 2.39. The Morgan fingerprint density at radius 1 is 1.21 bits per heavy atom. The maximum absolute atomic E-state index is 12.1. The molecular formula is C20H25NO3. The quantitative estimate of drug-likeness (QED) is 0.759. The number of carbonyl (C=O) groups excluding carboxylic acids is 1. The summed E-state index contributed by atoms with van der Waals surface area (Å²) in [4.78, 5) is 16.7. The first-order valence-electron chi connectivity index (χ1n) is 8.73. The Balaban J connectivity index is 1.62. The molecule has 0 saturated heterocycles. The van der Waals surface area contributed by atoms with E-state index in [9.17, 15) is 4.79 Å². The lowest BCUT2D eigenvalue weighted by Crippen LogP contribution is -2.25. The maximum Gasteiger partial charge on any atom is 0.312 e. The number of benzene rings is 1. The summed E-state index contributed by atoms with van der Waals surface area (Å²) >= 11 is 0. The normalized spacial score (nSPS) is 16.8. The van der Waals surface area contributed by atoms with Crippen molar-refractivity contribution in [1.82, 2.24) is 4.98 Å². The molecule has 1 aromatic carbocycles. The molecular weight excluding hydrogens is 302 g/mol. The van der Waals surface area contributed by atoms with Gasteiger partial charge >= 0.3 is 5.97 Å². The molecule has 1 aromatic heterocycles. The molecule has 1 aliphatic rings. The summed E-state index contributed by atoms with van der Waals surface area (Å²) in [7, 11) is 0. The number of rotatable bonds is 5. The number of nitrogens with zero attached hydrogens (tertiary/aromatic N) is 1. The van der Waals surface area contributed by atoms with Crippen LogP contribution in [0.15, 0.2) is 34.7 Å². The molecule has 1 aliphatic carbocycles. The van der Waals surface area contributed by atoms with Gasteiger partial charge in [-0.05, 0) is 25.3 Å². The molecule has 4 nitrogen and oxygen atoms in total. The second kappa shape index (κ2) is 7.20. The van der Waals surface area contributed by atoms with Crippen molar-refractivity contribution in [2.75, 3.05) is 0 Å². The van der Waals surface area contributed by atoms with Crippen molar-refractivity contribution < 1.29 is 13.9 Å². The third-order valence-corrected chi connectivity index (χ3v) is 4.92. The molecule has 3 rings (SSSR count). The van der Waals surface area contributed by atoms with E-state index in [0.29, 0.717) is 12.3 Å². The van der Waals surface area contributed by atoms with Gasteiger partial charge in [0.05, 0.1) is 12.1 Å². The van der Waals surface area contributed by atoms with Crippen LogP contribution in [0.3, 0.4) is 0 Å². The number of aryl methyl sites for hydroxylation is 1. The van der Waals surface area contributed by atoms with Gasteiger partial charge in [0.15, 0.2) is 0 Å². The Hall–Kier alpha value is -2.10. The van der Waals surface area contributed by atoms with Gasteiger partial charge in [0, 0.05) is 5.41 Å². The van der Waals surface area contributed by atoms with Crippen molar-refractivity contribution in [2.45, 2.75) is 64.4 Å². The second-order valence-corrected chi connectivity index (χ2v) is 6.97. The van der Waals surface area contributed by atoms with Gasteiger partial charge in [-0.15, -0.1) is 0 Å². The van der Waals surface area contributed by atoms with E-state index in [1.807, 2.05) is 37.3 Å². The molecule has 0 radical (unpaired) electrons. The van der Waals surface area contributed by atoms with E-state index >= 15 is 0 Å². The average Bonchev–Trinajstić information content (AvgIpc) is 2.96. The molecule has 0 atom stereocenters. The van der Waals surface area contributed by atoms with E-state index in [0.717, 1.165) is 30.1 Å². The van der Waals surface area contributed by atoms with Gasteiger partial charge in [0.2, 0.25) is 5.89 Å². The Bertz CT molecular complexity index is 684. The van der Waals surface area contributed by atoms with E-state index in [1.165, 1.54) is 19.3 Å². The van der Waals surface area contributed by atoms with Crippen molar-refractivity contribution in [1.29, 1.82) is 0 Å². The number of aromatic nitrogens is 1. The molecule has 0 amide bonds. The van der Waals surface area contributed by atoms with Crippen LogP contribution in [0.2, 0.25) is 0 Å². The highest BCUT2D eigenvalue weighted by molar-refractivity contribution is 5.72. The average molecular weight is 327 g/mol. The zero-order valence-electron chi connectivity index (χ0n) is 14.5. The zero-order valence-corrected chi connectivity index (χ0v) is 14.5. The molecule has 0 aliphatic heterocycles. The van der Waals surface area contributed by atoms with Gasteiger partial charge in [-0.3, -0.25) is 4.79 Å². The van der Waals surface area contributed by atoms with Crippen molar-refractivity contribution in [3.63, 3.8) is 0 Å². The summed E-state index contributed by atoms with van der Waals surface area (Å²) in [5, 5.41) is 0. The standard InChI is InChI=1S/C20H25NO3/c1-15-17(13-18(22)23-14-16-9-5-3-6-10-16)21-19(24-15)20(2)11-7-4-8-12-20/h3,5-6,9-10H,4,7-8,11-14H2,1-2H3. The van der Waals surface area contributed by atoms with Crippen LogP contribution in [-0.4, -0.2) is 11.0 Å². The van der Waals surface area contributed by atoms with Crippen LogP contribution in [0.5, 0.6) is 0 Å². The lowest BCUT2D eigenvalue weighted by Gasteiger charge is -2.30. The van der Waals surface area contributed by atoms with E-state index in [2.05, 4.69) is 11.9 Å². The largest absolute Gasteiger partial charge is 0.461 e. The van der Waals surface area contributed by atoms with Gasteiger partial charge in [0.1, 0.15) is 12.4 Å². The summed E-state index contributed by atoms with van der Waals surface area (Å²) in [6, 6.07) is 9.69. The minimum atomic E-state index is -0.268. The van der Waals surface area contributed by atoms with Crippen molar-refractivity contribution in [3.05, 3.63) is 53.2 Å². The Kier molecular flexibility index (Phi) is 5.03. The van der Waals surface area contributed by atoms with E-state index in [1.54, 1.807) is 0 Å². The molecule has 1 heterocycles. The van der Waals surface area contributed by atoms with E-state index in [4.69, 9.17) is 9.15 Å². The highest BCUT2D eigenvalue weighted by atomic mass is 16.5. The number of hydrogen-bond acceptors (Lipinski definition) is 4. The second-order valence-electron chi connectivity index (χ2n) is 6.97. The predicted molar refractivity (Wildman–Crippen MR) is 91.6 cm³/mol. The Morgan fingerprint density at radius 3 is 2.62 bits per heavy atom. The molecule has 4 heteroatoms. The lowest BCUT2D eigenvalue weighted by molar-refractivity contribution is -0.144. The first kappa shape index (κ1) is 16.7. The van der Waals surface area contributed by atoms with Gasteiger partial charge in [-0.2, -0.15) is 0 Å². The van der Waals surface area contributed by atoms with Crippen LogP contribution in [0.1, 0.15) is 61.9 Å². The van der Waals surface area contributed by atoms with Crippen LogP contribution in [0, 0.1) is 6.92 Å². The highest BCUT2D eigenvalue weighted by Gasteiger charge is 2.34. The summed E-state index contributed by atoms with van der Waals surface area (Å²) < 4.78 is 11.2. The third-order valence-electron chi connectivity index (χ3n) is 4.92. The summed E-state index contributed by atoms with van der Waals surface area (Å²) in [6.07, 6.45) is 6.08. The van der Waals surface area contributed by atoms with Crippen molar-refractivity contribution in [2.24, 2.45) is 0 Å². The summed E-state index contributed by atoms with van der Waals surface area (Å²) in [5.74, 6) is 1.25. The first-order chi connectivity index (χ1) is 11.6. The number of carbonyl (C=O) groups is 1. The first-order valence-corrected chi connectivity index (χ1v) is 8.73. The van der Waals surface area contributed by atoms with Crippen LogP contribution >= 0.6 is 0 Å². The molecule has 128 valence electrons. The molecule has 0 unspecified atom stereocenters. The molecule has 24 heavy (non-hydrogen) atoms. The van der Waals surface area contributed by atoms with E-state index in [-0.39, 0.29) is 17.8 Å². The van der Waals surface area contributed by atoms with Crippen LogP contribution in [0.4, 0.5) is 0 Å². The summed E-state index contributed by atoms with van der Waals surface area (Å²) in [6.45, 7) is 4.39. The molecule has 1 saturated carbocycles. The predicted octanol–water partition coefficient (Wildman–Crippen LogP) is 4.49. The lowest BCUT2D eigenvalue weighted by atomic mass is 9.76. The fraction of sp³-hybridized carbons (Fsp3) is 0.500. The Morgan fingerprint density at radius 2 is 1.92 bits per heavy atom. The smallest absolute Gasteiger partial charge is 0.312 e. The fourth-order valence-electron chi connectivity index (χ4n) is 3.32. The topological polar surface area (TPSA) is 52.3 Å². The zero-order chi connectivity index (χ0) is 17.0. The number of oxazole rings is 1. The fourth-order valence-corrected chi connectivity index (χ4v) is 3.32. The van der Waals surface area contributed by atoms with Gasteiger partial charge in [-0.25, -0.2) is 4.98 Å². The van der Waals surface area contributed by atoms with Crippen LogP contribution in [-0.2, 0) is 28.0 Å². The van der Waals surface area contributed by atoms with Crippen molar-refractivity contribution in [3.8, 4) is 0 Å². The van der Waals surface area contributed by atoms with Crippen molar-refractivity contribution >= 4 is 5.97 Å². The number of ether oxygens (including phenoxy) is 1. The van der Waals surface area contributed by atoms with E-state index < -0.39 is 0 Å².